The van der Waals surface area contributed by atoms with E-state index in [0.717, 1.165) is 11.1 Å². The molecule has 0 unspecified atom stereocenters. The van der Waals surface area contributed by atoms with E-state index in [1.807, 2.05) is 0 Å². The first-order valence-corrected chi connectivity index (χ1v) is 8.10. The predicted molar refractivity (Wildman–Crippen MR) is 76.8 cm³/mol. The molecule has 2 heterocycles. The highest BCUT2D eigenvalue weighted by atomic mass is 32.2. The smallest absolute Gasteiger partial charge is 0.263 e. The molecule has 2 N–H and O–H groups in total. The summed E-state index contributed by atoms with van der Waals surface area (Å²) in [6.07, 6.45) is 2.29. The molecule has 20 heavy (non-hydrogen) atoms. The summed E-state index contributed by atoms with van der Waals surface area (Å²) in [6, 6.07) is 2.88. The number of halogens is 1. The van der Waals surface area contributed by atoms with E-state index < -0.39 is 15.8 Å². The molecule has 0 fully saturated rings. The molecule has 0 atom stereocenters. The number of thiophene rings is 1. The fraction of sp³-hybridized carbons (Fsp3) is 0.250. The van der Waals surface area contributed by atoms with E-state index in [0.29, 0.717) is 11.4 Å². The second-order valence-electron chi connectivity index (χ2n) is 4.12. The highest BCUT2D eigenvalue weighted by molar-refractivity contribution is 7.93. The van der Waals surface area contributed by atoms with Crippen LogP contribution in [0.2, 0.25) is 0 Å². The van der Waals surface area contributed by atoms with Crippen LogP contribution in [0.4, 0.5) is 10.1 Å². The van der Waals surface area contributed by atoms with Crippen molar-refractivity contribution in [3.05, 3.63) is 40.1 Å². The average Bonchev–Trinajstić information content (AvgIpc) is 2.74. The fourth-order valence-electron chi connectivity index (χ4n) is 1.71. The molecule has 5 nitrogen and oxygen atoms in total. The SMILES string of the molecule is CNCc1cc(S(=O)(=O)Nc2ccncc2F)c(C)s1. The third-order valence-electron chi connectivity index (χ3n) is 2.58. The Morgan fingerprint density at radius 3 is 2.85 bits per heavy atom. The minimum atomic E-state index is -3.80. The van der Waals surface area contributed by atoms with Crippen LogP contribution in [0.15, 0.2) is 29.4 Å². The maximum Gasteiger partial charge on any atom is 0.263 e. The van der Waals surface area contributed by atoms with Crippen molar-refractivity contribution in [2.24, 2.45) is 0 Å². The van der Waals surface area contributed by atoms with Gasteiger partial charge >= 0.3 is 0 Å². The van der Waals surface area contributed by atoms with Gasteiger partial charge in [0, 0.05) is 22.5 Å². The molecule has 0 saturated carbocycles. The van der Waals surface area contributed by atoms with Crippen LogP contribution in [0.1, 0.15) is 9.75 Å². The average molecular weight is 315 g/mol. The summed E-state index contributed by atoms with van der Waals surface area (Å²) < 4.78 is 40.3. The molecule has 0 amide bonds. The number of anilines is 1. The van der Waals surface area contributed by atoms with Crippen LogP contribution in [-0.2, 0) is 16.6 Å². The van der Waals surface area contributed by atoms with Gasteiger partial charge in [-0.2, -0.15) is 0 Å². The Hall–Kier alpha value is -1.51. The summed E-state index contributed by atoms with van der Waals surface area (Å²) in [5, 5.41) is 2.96. The molecule has 0 spiro atoms. The first kappa shape index (κ1) is 14.9. The van der Waals surface area contributed by atoms with Gasteiger partial charge in [0.1, 0.15) is 4.90 Å². The Balaban J connectivity index is 2.33. The van der Waals surface area contributed by atoms with Crippen molar-refractivity contribution in [3.63, 3.8) is 0 Å². The van der Waals surface area contributed by atoms with Crippen molar-refractivity contribution in [3.8, 4) is 0 Å². The second-order valence-corrected chi connectivity index (χ2v) is 7.12. The number of aryl methyl sites for hydroxylation is 1. The first-order valence-electron chi connectivity index (χ1n) is 5.80. The number of hydrogen-bond donors (Lipinski definition) is 2. The lowest BCUT2D eigenvalue weighted by molar-refractivity contribution is 0.597. The third kappa shape index (κ3) is 3.14. The summed E-state index contributed by atoms with van der Waals surface area (Å²) in [7, 11) is -2.01. The Kier molecular flexibility index (Phi) is 4.36. The van der Waals surface area contributed by atoms with Crippen LogP contribution in [0.5, 0.6) is 0 Å². The Labute approximate surface area is 120 Å². The van der Waals surface area contributed by atoms with Gasteiger partial charge in [-0.15, -0.1) is 11.3 Å². The zero-order valence-corrected chi connectivity index (χ0v) is 12.6. The zero-order chi connectivity index (χ0) is 14.8. The maximum absolute atomic E-state index is 13.5. The minimum absolute atomic E-state index is 0.110. The summed E-state index contributed by atoms with van der Waals surface area (Å²) in [4.78, 5) is 5.32. The topological polar surface area (TPSA) is 71.1 Å². The Bertz CT molecular complexity index is 713. The quantitative estimate of drug-likeness (QED) is 0.886. The highest BCUT2D eigenvalue weighted by Crippen LogP contribution is 2.27. The number of aromatic nitrogens is 1. The minimum Gasteiger partial charge on any atom is -0.315 e. The number of nitrogens with zero attached hydrogens (tertiary/aromatic N) is 1. The summed E-state index contributed by atoms with van der Waals surface area (Å²) in [5.41, 5.74) is -0.110. The van der Waals surface area contributed by atoms with Gasteiger partial charge < -0.3 is 5.32 Å². The molecule has 0 aliphatic carbocycles. The Morgan fingerprint density at radius 1 is 1.45 bits per heavy atom. The number of nitrogens with one attached hydrogen (secondary N) is 2. The molecule has 2 rings (SSSR count). The lowest BCUT2D eigenvalue weighted by Crippen LogP contribution is -2.14. The van der Waals surface area contributed by atoms with Crippen molar-refractivity contribution < 1.29 is 12.8 Å². The predicted octanol–water partition coefficient (Wildman–Crippen LogP) is 2.11. The van der Waals surface area contributed by atoms with Gasteiger partial charge in [-0.05, 0) is 26.1 Å². The van der Waals surface area contributed by atoms with Crippen molar-refractivity contribution in [1.29, 1.82) is 0 Å². The van der Waals surface area contributed by atoms with E-state index in [1.54, 1.807) is 20.0 Å². The summed E-state index contributed by atoms with van der Waals surface area (Å²) >= 11 is 1.39. The number of sulfonamides is 1. The van der Waals surface area contributed by atoms with Gasteiger partial charge in [0.2, 0.25) is 0 Å². The Morgan fingerprint density at radius 2 is 2.20 bits per heavy atom. The largest absolute Gasteiger partial charge is 0.315 e. The van der Waals surface area contributed by atoms with Crippen LogP contribution in [0.25, 0.3) is 0 Å². The molecular weight excluding hydrogens is 301 g/mol. The summed E-state index contributed by atoms with van der Waals surface area (Å²) in [6.45, 7) is 2.31. The van der Waals surface area contributed by atoms with Gasteiger partial charge in [0.05, 0.1) is 11.9 Å². The molecular formula is C12H14FN3O2S2. The van der Waals surface area contributed by atoms with Gasteiger partial charge in [0.15, 0.2) is 5.82 Å². The number of rotatable bonds is 5. The van der Waals surface area contributed by atoms with Crippen molar-refractivity contribution in [2.45, 2.75) is 18.4 Å². The second kappa shape index (κ2) is 5.86. The van der Waals surface area contributed by atoms with Gasteiger partial charge in [-0.3, -0.25) is 9.71 Å². The molecule has 8 heteroatoms. The molecule has 108 valence electrons. The molecule has 0 aromatic carbocycles. The molecule has 0 aliphatic rings. The van der Waals surface area contributed by atoms with Crippen LogP contribution in [0, 0.1) is 12.7 Å². The molecule has 2 aromatic rings. The molecule has 0 radical (unpaired) electrons. The van der Waals surface area contributed by atoms with Crippen molar-refractivity contribution >= 4 is 27.0 Å². The lowest BCUT2D eigenvalue weighted by Gasteiger charge is -2.07. The van der Waals surface area contributed by atoms with E-state index >= 15 is 0 Å². The molecule has 2 aromatic heterocycles. The number of pyridine rings is 1. The standard InChI is InChI=1S/C12H14FN3O2S2/c1-8-12(5-9(19-8)6-14-2)20(17,18)16-11-3-4-15-7-10(11)13/h3-5,7,14H,6H2,1-2H3,(H,15,16). The molecule has 0 bridgehead atoms. The van der Waals surface area contributed by atoms with E-state index in [4.69, 9.17) is 0 Å². The van der Waals surface area contributed by atoms with Gasteiger partial charge in [-0.25, -0.2) is 12.8 Å². The van der Waals surface area contributed by atoms with Crippen LogP contribution in [0.3, 0.4) is 0 Å². The maximum atomic E-state index is 13.5. The number of hydrogen-bond acceptors (Lipinski definition) is 5. The zero-order valence-electron chi connectivity index (χ0n) is 11.0. The van der Waals surface area contributed by atoms with Crippen molar-refractivity contribution in [2.75, 3.05) is 11.8 Å². The fourth-order valence-corrected chi connectivity index (χ4v) is 4.43. The van der Waals surface area contributed by atoms with Gasteiger partial charge in [-0.1, -0.05) is 0 Å². The van der Waals surface area contributed by atoms with E-state index in [9.17, 15) is 12.8 Å². The van der Waals surface area contributed by atoms with E-state index in [-0.39, 0.29) is 10.6 Å². The van der Waals surface area contributed by atoms with E-state index in [1.165, 1.54) is 23.6 Å². The normalized spacial score (nSPS) is 11.6. The van der Waals surface area contributed by atoms with E-state index in [2.05, 4.69) is 15.0 Å². The van der Waals surface area contributed by atoms with Crippen LogP contribution < -0.4 is 10.0 Å². The van der Waals surface area contributed by atoms with Gasteiger partial charge in [0.25, 0.3) is 10.0 Å². The van der Waals surface area contributed by atoms with Crippen LogP contribution in [-0.4, -0.2) is 20.4 Å². The van der Waals surface area contributed by atoms with Crippen LogP contribution >= 0.6 is 11.3 Å². The van der Waals surface area contributed by atoms with Crippen molar-refractivity contribution in [1.82, 2.24) is 10.3 Å². The monoisotopic (exact) mass is 315 g/mol. The first-order chi connectivity index (χ1) is 9.44. The highest BCUT2D eigenvalue weighted by Gasteiger charge is 2.21. The molecule has 0 aliphatic heterocycles. The molecule has 0 saturated heterocycles. The lowest BCUT2D eigenvalue weighted by atomic mass is 10.4. The summed E-state index contributed by atoms with van der Waals surface area (Å²) in [5.74, 6) is -0.709. The third-order valence-corrected chi connectivity index (χ3v) is 5.25.